The summed E-state index contributed by atoms with van der Waals surface area (Å²) in [5, 5.41) is 3.72. The molecule has 0 fully saturated rings. The first-order valence-corrected chi connectivity index (χ1v) is 14.7. The quantitative estimate of drug-likeness (QED) is 0.482. The van der Waals surface area contributed by atoms with Gasteiger partial charge in [0.1, 0.15) is 7.14 Å². The minimum atomic E-state index is -3.48. The predicted octanol–water partition coefficient (Wildman–Crippen LogP) is 4.64. The molecule has 0 spiro atoms. The zero-order valence-electron chi connectivity index (χ0n) is 17.3. The maximum Gasteiger partial charge on any atom is 0.265 e. The van der Waals surface area contributed by atoms with Crippen LogP contribution >= 0.6 is 30.1 Å². The molecule has 164 valence electrons. The van der Waals surface area contributed by atoms with E-state index in [1.165, 1.54) is 29.5 Å². The molecule has 0 aliphatic heterocycles. The van der Waals surface area contributed by atoms with Crippen molar-refractivity contribution < 1.29 is 17.8 Å². The number of amides is 1. The summed E-state index contributed by atoms with van der Waals surface area (Å²) in [7, 11) is -5.87. The number of halogens is 1. The Bertz CT molecular complexity index is 1300. The summed E-state index contributed by atoms with van der Waals surface area (Å²) in [5.74, 6) is -0.352. The van der Waals surface area contributed by atoms with E-state index in [4.69, 9.17) is 11.6 Å². The van der Waals surface area contributed by atoms with Crippen molar-refractivity contribution in [3.05, 3.63) is 57.4 Å². The van der Waals surface area contributed by atoms with E-state index in [9.17, 15) is 17.8 Å². The van der Waals surface area contributed by atoms with Crippen LogP contribution in [-0.2, 0) is 14.6 Å². The molecule has 0 aliphatic carbocycles. The lowest BCUT2D eigenvalue weighted by atomic mass is 10.1. The fourth-order valence-corrected chi connectivity index (χ4v) is 5.31. The topological polar surface area (TPSA) is 105 Å². The summed E-state index contributed by atoms with van der Waals surface area (Å²) >= 11 is 7.36. The molecule has 3 rings (SSSR count). The van der Waals surface area contributed by atoms with Gasteiger partial charge >= 0.3 is 0 Å². The average molecular weight is 498 g/mol. The number of hydrogen-bond acceptors (Lipinski definition) is 6. The Labute approximate surface area is 190 Å². The van der Waals surface area contributed by atoms with Gasteiger partial charge in [0.25, 0.3) is 5.91 Å². The largest absolute Gasteiger partial charge is 0.321 e. The number of sulfonamides is 1. The normalized spacial score (nSPS) is 11.9. The highest BCUT2D eigenvalue weighted by atomic mass is 35.5. The van der Waals surface area contributed by atoms with E-state index in [0.29, 0.717) is 21.6 Å². The number of benzene rings is 1. The Morgan fingerprint density at radius 3 is 2.39 bits per heavy atom. The molecule has 31 heavy (non-hydrogen) atoms. The van der Waals surface area contributed by atoms with Crippen LogP contribution in [0.4, 0.5) is 11.4 Å². The number of carbonyl (C=O) groups is 1. The monoisotopic (exact) mass is 497 g/mol. The third kappa shape index (κ3) is 6.17. The first kappa shape index (κ1) is 23.5. The Balaban J connectivity index is 1.84. The van der Waals surface area contributed by atoms with Crippen molar-refractivity contribution in [2.24, 2.45) is 0 Å². The fraction of sp³-hybridized carbons (Fsp3) is 0.200. The fourth-order valence-electron chi connectivity index (χ4n) is 2.84. The van der Waals surface area contributed by atoms with Crippen LogP contribution in [0.2, 0.25) is 5.02 Å². The lowest BCUT2D eigenvalue weighted by Gasteiger charge is -2.09. The molecule has 0 radical (unpaired) electrons. The SMILES string of the molecule is Cc1sc(C(=O)Nc2cc(Cl)cc(NS(C)(=O)=O)c2)cc1-c1ccc(P(C)(C)=O)cn1. The average Bonchev–Trinajstić information content (AvgIpc) is 3.01. The summed E-state index contributed by atoms with van der Waals surface area (Å²) < 4.78 is 37.4. The second kappa shape index (κ2) is 8.74. The number of thiophene rings is 1. The first-order chi connectivity index (χ1) is 14.3. The molecule has 0 saturated heterocycles. The molecule has 0 bridgehead atoms. The van der Waals surface area contributed by atoms with Gasteiger partial charge in [-0.2, -0.15) is 0 Å². The van der Waals surface area contributed by atoms with Gasteiger partial charge in [-0.05, 0) is 56.7 Å². The Morgan fingerprint density at radius 2 is 1.81 bits per heavy atom. The van der Waals surface area contributed by atoms with Crippen molar-refractivity contribution in [1.82, 2.24) is 4.98 Å². The number of hydrogen-bond donors (Lipinski definition) is 2. The molecule has 0 saturated carbocycles. The number of pyridine rings is 1. The molecule has 2 N–H and O–H groups in total. The highest BCUT2D eigenvalue weighted by molar-refractivity contribution is 7.92. The van der Waals surface area contributed by atoms with Crippen LogP contribution in [0.1, 0.15) is 14.5 Å². The number of aromatic nitrogens is 1. The highest BCUT2D eigenvalue weighted by Crippen LogP contribution is 2.35. The highest BCUT2D eigenvalue weighted by Gasteiger charge is 2.17. The van der Waals surface area contributed by atoms with Gasteiger partial charge in [0, 0.05) is 32.7 Å². The van der Waals surface area contributed by atoms with E-state index in [2.05, 4.69) is 15.0 Å². The van der Waals surface area contributed by atoms with Crippen LogP contribution in [0, 0.1) is 6.92 Å². The van der Waals surface area contributed by atoms with Crippen LogP contribution in [0.25, 0.3) is 11.3 Å². The Hall–Kier alpha value is -2.19. The van der Waals surface area contributed by atoms with Crippen LogP contribution in [0.3, 0.4) is 0 Å². The van der Waals surface area contributed by atoms with Gasteiger partial charge in [-0.25, -0.2) is 8.42 Å². The third-order valence-electron chi connectivity index (χ3n) is 4.25. The third-order valence-corrected chi connectivity index (χ3v) is 7.63. The van der Waals surface area contributed by atoms with E-state index in [0.717, 1.165) is 16.7 Å². The molecule has 0 atom stereocenters. The van der Waals surface area contributed by atoms with Crippen molar-refractivity contribution in [2.45, 2.75) is 6.92 Å². The van der Waals surface area contributed by atoms with Crippen molar-refractivity contribution in [3.63, 3.8) is 0 Å². The molecule has 2 heterocycles. The maximum absolute atomic E-state index is 12.8. The number of aryl methyl sites for hydroxylation is 1. The molecule has 3 aromatic rings. The minimum Gasteiger partial charge on any atom is -0.321 e. The van der Waals surface area contributed by atoms with Crippen molar-refractivity contribution in [2.75, 3.05) is 29.6 Å². The zero-order chi connectivity index (χ0) is 23.0. The van der Waals surface area contributed by atoms with E-state index >= 15 is 0 Å². The van der Waals surface area contributed by atoms with Gasteiger partial charge in [0.15, 0.2) is 0 Å². The van der Waals surface area contributed by atoms with Crippen LogP contribution in [0.5, 0.6) is 0 Å². The second-order valence-electron chi connectivity index (χ2n) is 7.39. The second-order valence-corrected chi connectivity index (χ2v) is 14.0. The minimum absolute atomic E-state index is 0.252. The summed E-state index contributed by atoms with van der Waals surface area (Å²) in [6, 6.07) is 9.80. The first-order valence-electron chi connectivity index (χ1n) is 9.04. The number of carbonyl (C=O) groups excluding carboxylic acids is 1. The smallest absolute Gasteiger partial charge is 0.265 e. The molecular formula is C20H21ClN3O4PS2. The summed E-state index contributed by atoms with van der Waals surface area (Å²) in [6.07, 6.45) is 2.64. The van der Waals surface area contributed by atoms with E-state index in [-0.39, 0.29) is 16.6 Å². The number of anilines is 2. The molecule has 1 amide bonds. The van der Waals surface area contributed by atoms with Crippen molar-refractivity contribution in [1.29, 1.82) is 0 Å². The van der Waals surface area contributed by atoms with Gasteiger partial charge in [-0.15, -0.1) is 11.3 Å². The number of nitrogens with zero attached hydrogens (tertiary/aromatic N) is 1. The predicted molar refractivity (Wildman–Crippen MR) is 129 cm³/mol. The molecular weight excluding hydrogens is 477 g/mol. The molecule has 11 heteroatoms. The molecule has 0 aliphatic rings. The summed E-state index contributed by atoms with van der Waals surface area (Å²) in [5.41, 5.74) is 2.11. The van der Waals surface area contributed by atoms with Crippen LogP contribution < -0.4 is 15.3 Å². The van der Waals surface area contributed by atoms with Crippen LogP contribution in [-0.4, -0.2) is 38.9 Å². The van der Waals surface area contributed by atoms with Crippen LogP contribution in [0.15, 0.2) is 42.6 Å². The standard InChI is InChI=1S/C20H21ClN3O4PS2/c1-12-17(18-6-5-16(11-22-18)29(2,3)26)10-19(30-12)20(25)23-14-7-13(21)8-15(9-14)24-31(4,27)28/h5-11,24H,1-4H3,(H,23,25). The summed E-state index contributed by atoms with van der Waals surface area (Å²) in [6.45, 7) is 5.27. The maximum atomic E-state index is 12.8. The van der Waals surface area contributed by atoms with E-state index in [1.54, 1.807) is 37.7 Å². The molecule has 0 unspecified atom stereocenters. The van der Waals surface area contributed by atoms with Gasteiger partial charge in [0.05, 0.1) is 22.5 Å². The summed E-state index contributed by atoms with van der Waals surface area (Å²) in [4.78, 5) is 18.5. The molecule has 7 nitrogen and oxygen atoms in total. The van der Waals surface area contributed by atoms with Gasteiger partial charge in [-0.1, -0.05) is 11.6 Å². The van der Waals surface area contributed by atoms with Crippen molar-refractivity contribution >= 4 is 62.7 Å². The van der Waals surface area contributed by atoms with Gasteiger partial charge in [-0.3, -0.25) is 14.5 Å². The Morgan fingerprint density at radius 1 is 1.13 bits per heavy atom. The molecule has 1 aromatic carbocycles. The Kier molecular flexibility index (Phi) is 6.62. The van der Waals surface area contributed by atoms with Gasteiger partial charge in [0.2, 0.25) is 10.0 Å². The number of rotatable bonds is 6. The van der Waals surface area contributed by atoms with E-state index in [1.807, 2.05) is 6.92 Å². The van der Waals surface area contributed by atoms with Crippen molar-refractivity contribution in [3.8, 4) is 11.3 Å². The van der Waals surface area contributed by atoms with E-state index < -0.39 is 17.2 Å². The van der Waals surface area contributed by atoms with Gasteiger partial charge < -0.3 is 9.88 Å². The zero-order valence-corrected chi connectivity index (χ0v) is 20.5. The number of nitrogens with one attached hydrogen (secondary N) is 2. The lowest BCUT2D eigenvalue weighted by Crippen LogP contribution is -2.12. The molecule has 2 aromatic heterocycles. The lowest BCUT2D eigenvalue weighted by molar-refractivity contribution is 0.103.